The fourth-order valence-electron chi connectivity index (χ4n) is 4.54. The summed E-state index contributed by atoms with van der Waals surface area (Å²) in [4.78, 5) is 26.4. The number of amides is 2. The standard InChI is InChI=1S/C22H30F4N4O2/c23-18-6-3-16(22(24,25)26)13-19(18)30-11-9-29(10-12-30)8-7-15-1-4-17(5-2-15)28-21(32)14-20(27)31/h3,6,13,15,17H,1-2,4-5,7-12,14H2,(H2,27,31)(H,28,32). The molecule has 0 bridgehead atoms. The number of anilines is 1. The summed E-state index contributed by atoms with van der Waals surface area (Å²) < 4.78 is 53.0. The van der Waals surface area contributed by atoms with Crippen molar-refractivity contribution in [3.8, 4) is 0 Å². The number of piperazine rings is 1. The largest absolute Gasteiger partial charge is 0.416 e. The molecule has 10 heteroatoms. The number of halogens is 4. The normalized spacial score (nSPS) is 22.6. The Balaban J connectivity index is 1.39. The zero-order valence-electron chi connectivity index (χ0n) is 18.0. The van der Waals surface area contributed by atoms with Crippen LogP contribution < -0.4 is 16.0 Å². The van der Waals surface area contributed by atoms with Crippen LogP contribution in [0.2, 0.25) is 0 Å². The van der Waals surface area contributed by atoms with E-state index in [-0.39, 0.29) is 24.1 Å². The van der Waals surface area contributed by atoms with Crippen LogP contribution in [0.3, 0.4) is 0 Å². The lowest BCUT2D eigenvalue weighted by Gasteiger charge is -2.37. The van der Waals surface area contributed by atoms with Crippen LogP contribution >= 0.6 is 0 Å². The Morgan fingerprint density at radius 1 is 1.06 bits per heavy atom. The van der Waals surface area contributed by atoms with Crippen molar-refractivity contribution in [3.05, 3.63) is 29.6 Å². The van der Waals surface area contributed by atoms with Crippen LogP contribution in [0.5, 0.6) is 0 Å². The van der Waals surface area contributed by atoms with Gasteiger partial charge in [-0.15, -0.1) is 0 Å². The number of hydrogen-bond donors (Lipinski definition) is 2. The molecule has 1 aromatic carbocycles. The molecule has 1 saturated heterocycles. The molecule has 1 heterocycles. The highest BCUT2D eigenvalue weighted by molar-refractivity contribution is 5.96. The van der Waals surface area contributed by atoms with E-state index in [1.54, 1.807) is 4.90 Å². The van der Waals surface area contributed by atoms with E-state index >= 15 is 0 Å². The van der Waals surface area contributed by atoms with Crippen molar-refractivity contribution in [2.24, 2.45) is 11.7 Å². The van der Waals surface area contributed by atoms with Gasteiger partial charge < -0.3 is 16.0 Å². The molecule has 0 spiro atoms. The monoisotopic (exact) mass is 458 g/mol. The van der Waals surface area contributed by atoms with Crippen molar-refractivity contribution < 1.29 is 27.2 Å². The highest BCUT2D eigenvalue weighted by atomic mass is 19.4. The van der Waals surface area contributed by atoms with Gasteiger partial charge in [0.1, 0.15) is 12.2 Å². The Kier molecular flexibility index (Phi) is 7.97. The Morgan fingerprint density at radius 2 is 1.72 bits per heavy atom. The average Bonchev–Trinajstić information content (AvgIpc) is 2.72. The number of benzene rings is 1. The maximum Gasteiger partial charge on any atom is 0.416 e. The molecular formula is C22H30F4N4O2. The fraction of sp³-hybridized carbons (Fsp3) is 0.636. The van der Waals surface area contributed by atoms with Crippen molar-refractivity contribution in [1.29, 1.82) is 0 Å². The van der Waals surface area contributed by atoms with Gasteiger partial charge >= 0.3 is 6.18 Å². The number of nitrogens with zero attached hydrogens (tertiary/aromatic N) is 2. The van der Waals surface area contributed by atoms with Crippen LogP contribution in [0.15, 0.2) is 18.2 Å². The number of nitrogens with two attached hydrogens (primary N) is 1. The van der Waals surface area contributed by atoms with Gasteiger partial charge in [0, 0.05) is 32.2 Å². The third-order valence-corrected chi connectivity index (χ3v) is 6.39. The van der Waals surface area contributed by atoms with Gasteiger partial charge in [0.15, 0.2) is 0 Å². The van der Waals surface area contributed by atoms with Crippen molar-refractivity contribution in [1.82, 2.24) is 10.2 Å². The molecule has 0 unspecified atom stereocenters. The quantitative estimate of drug-likeness (QED) is 0.487. The summed E-state index contributed by atoms with van der Waals surface area (Å²) in [6, 6.07) is 2.64. The van der Waals surface area contributed by atoms with E-state index in [2.05, 4.69) is 10.2 Å². The molecule has 0 aromatic heterocycles. The van der Waals surface area contributed by atoms with Gasteiger partial charge in [0.2, 0.25) is 11.8 Å². The Morgan fingerprint density at radius 3 is 2.31 bits per heavy atom. The molecule has 1 aromatic rings. The van der Waals surface area contributed by atoms with Crippen LogP contribution in [0, 0.1) is 11.7 Å². The van der Waals surface area contributed by atoms with Gasteiger partial charge in [0.25, 0.3) is 0 Å². The molecule has 1 saturated carbocycles. The summed E-state index contributed by atoms with van der Waals surface area (Å²) >= 11 is 0. The summed E-state index contributed by atoms with van der Waals surface area (Å²) in [5.41, 5.74) is 4.21. The lowest BCUT2D eigenvalue weighted by atomic mass is 9.84. The summed E-state index contributed by atoms with van der Waals surface area (Å²) in [6.07, 6.45) is -0.0203. The third kappa shape index (κ3) is 6.82. The molecule has 1 aliphatic heterocycles. The second-order valence-corrected chi connectivity index (χ2v) is 8.71. The lowest BCUT2D eigenvalue weighted by Crippen LogP contribution is -2.47. The zero-order valence-corrected chi connectivity index (χ0v) is 18.0. The van der Waals surface area contributed by atoms with E-state index in [4.69, 9.17) is 5.73 Å². The van der Waals surface area contributed by atoms with Gasteiger partial charge in [-0.05, 0) is 62.8 Å². The molecule has 32 heavy (non-hydrogen) atoms. The Hall–Kier alpha value is -2.36. The maximum absolute atomic E-state index is 14.1. The minimum absolute atomic E-state index is 0.0104. The smallest absolute Gasteiger partial charge is 0.369 e. The molecule has 0 atom stereocenters. The molecule has 0 radical (unpaired) electrons. The molecule has 178 valence electrons. The predicted molar refractivity (Wildman–Crippen MR) is 112 cm³/mol. The second-order valence-electron chi connectivity index (χ2n) is 8.71. The van der Waals surface area contributed by atoms with Crippen molar-refractivity contribution in [2.45, 2.75) is 50.7 Å². The van der Waals surface area contributed by atoms with E-state index in [1.807, 2.05) is 0 Å². The van der Waals surface area contributed by atoms with E-state index in [0.29, 0.717) is 32.1 Å². The van der Waals surface area contributed by atoms with Crippen LogP contribution in [0.4, 0.5) is 23.2 Å². The molecule has 1 aliphatic carbocycles. The van der Waals surface area contributed by atoms with Crippen molar-refractivity contribution in [3.63, 3.8) is 0 Å². The first-order valence-electron chi connectivity index (χ1n) is 11.0. The van der Waals surface area contributed by atoms with E-state index in [0.717, 1.165) is 56.8 Å². The first kappa shape index (κ1) is 24.3. The summed E-state index contributed by atoms with van der Waals surface area (Å²) in [5, 5.41) is 2.86. The summed E-state index contributed by atoms with van der Waals surface area (Å²) in [5.74, 6) is -1.03. The van der Waals surface area contributed by atoms with Crippen LogP contribution in [0.1, 0.15) is 44.1 Å². The molecule has 3 rings (SSSR count). The van der Waals surface area contributed by atoms with Gasteiger partial charge in [-0.2, -0.15) is 13.2 Å². The summed E-state index contributed by atoms with van der Waals surface area (Å²) in [7, 11) is 0. The number of alkyl halides is 3. The summed E-state index contributed by atoms with van der Waals surface area (Å²) in [6.45, 7) is 3.21. The van der Waals surface area contributed by atoms with Gasteiger partial charge in [0.05, 0.1) is 11.3 Å². The lowest BCUT2D eigenvalue weighted by molar-refractivity contribution is -0.137. The average molecular weight is 459 g/mol. The Labute approximate surface area is 185 Å². The van der Waals surface area contributed by atoms with Gasteiger partial charge in [-0.1, -0.05) is 0 Å². The van der Waals surface area contributed by atoms with Crippen LogP contribution in [-0.2, 0) is 15.8 Å². The number of primary amides is 1. The third-order valence-electron chi connectivity index (χ3n) is 6.39. The molecule has 2 aliphatic rings. The molecule has 2 amide bonds. The van der Waals surface area contributed by atoms with Crippen molar-refractivity contribution in [2.75, 3.05) is 37.6 Å². The number of hydrogen-bond acceptors (Lipinski definition) is 4. The second kappa shape index (κ2) is 10.5. The number of nitrogens with one attached hydrogen (secondary N) is 1. The highest BCUT2D eigenvalue weighted by Gasteiger charge is 2.32. The highest BCUT2D eigenvalue weighted by Crippen LogP contribution is 2.33. The zero-order chi connectivity index (χ0) is 23.3. The number of carbonyl (C=O) groups is 2. The molecule has 3 N–H and O–H groups in total. The number of carbonyl (C=O) groups excluding carboxylic acids is 2. The van der Waals surface area contributed by atoms with Gasteiger partial charge in [-0.3, -0.25) is 14.5 Å². The minimum Gasteiger partial charge on any atom is -0.369 e. The van der Waals surface area contributed by atoms with Gasteiger partial charge in [-0.25, -0.2) is 4.39 Å². The minimum atomic E-state index is -4.49. The first-order valence-corrected chi connectivity index (χ1v) is 11.0. The Bertz CT molecular complexity index is 802. The SMILES string of the molecule is NC(=O)CC(=O)NC1CCC(CCN2CCN(c3cc(C(F)(F)F)ccc3F)CC2)CC1. The maximum atomic E-state index is 14.1. The topological polar surface area (TPSA) is 78.7 Å². The van der Waals surface area contributed by atoms with Crippen LogP contribution in [0.25, 0.3) is 0 Å². The van der Waals surface area contributed by atoms with Crippen LogP contribution in [-0.4, -0.2) is 55.5 Å². The van der Waals surface area contributed by atoms with E-state index in [9.17, 15) is 27.2 Å². The molecular weight excluding hydrogens is 428 g/mol. The van der Waals surface area contributed by atoms with Crippen molar-refractivity contribution >= 4 is 17.5 Å². The molecule has 2 fully saturated rings. The van der Waals surface area contributed by atoms with E-state index in [1.165, 1.54) is 0 Å². The predicted octanol–water partition coefficient (Wildman–Crippen LogP) is 2.91. The first-order chi connectivity index (χ1) is 15.1. The number of rotatable bonds is 7. The van der Waals surface area contributed by atoms with E-state index < -0.39 is 23.5 Å². The fourth-order valence-corrected chi connectivity index (χ4v) is 4.54. The molecule has 6 nitrogen and oxygen atoms in total.